The van der Waals surface area contributed by atoms with Gasteiger partial charge < -0.3 is 5.73 Å². The second kappa shape index (κ2) is 6.31. The molecule has 0 aliphatic rings. The second-order valence-corrected chi connectivity index (χ2v) is 7.57. The van der Waals surface area contributed by atoms with Crippen molar-refractivity contribution in [1.82, 2.24) is 0 Å². The standard InChI is InChI=1S/C13H10BrClN2O2S2/c14-8-2-1-3-9(6-8)17-21(18,19)10-4-5-11(13(16)20)12(15)7-10/h1-7,17H,(H2,16,20). The summed E-state index contributed by atoms with van der Waals surface area (Å²) in [6.45, 7) is 0. The van der Waals surface area contributed by atoms with E-state index in [0.717, 1.165) is 4.47 Å². The highest BCUT2D eigenvalue weighted by Crippen LogP contribution is 2.24. The molecule has 0 spiro atoms. The second-order valence-electron chi connectivity index (χ2n) is 4.12. The van der Waals surface area contributed by atoms with Crippen LogP contribution in [0.4, 0.5) is 5.69 Å². The lowest BCUT2D eigenvalue weighted by Crippen LogP contribution is -2.14. The largest absolute Gasteiger partial charge is 0.389 e. The van der Waals surface area contributed by atoms with E-state index < -0.39 is 10.0 Å². The van der Waals surface area contributed by atoms with Crippen molar-refractivity contribution in [2.45, 2.75) is 4.90 Å². The van der Waals surface area contributed by atoms with Crippen molar-refractivity contribution in [3.63, 3.8) is 0 Å². The first-order chi connectivity index (χ1) is 9.79. The normalized spacial score (nSPS) is 11.1. The van der Waals surface area contributed by atoms with Crippen molar-refractivity contribution >= 4 is 60.4 Å². The van der Waals surface area contributed by atoms with Crippen LogP contribution in [0.1, 0.15) is 5.56 Å². The predicted molar refractivity (Wildman–Crippen MR) is 92.3 cm³/mol. The van der Waals surface area contributed by atoms with E-state index in [0.29, 0.717) is 11.3 Å². The number of nitrogens with two attached hydrogens (primary N) is 1. The van der Waals surface area contributed by atoms with Crippen LogP contribution in [-0.2, 0) is 10.0 Å². The molecule has 2 aromatic rings. The number of hydrogen-bond acceptors (Lipinski definition) is 3. The van der Waals surface area contributed by atoms with Crippen molar-refractivity contribution in [2.24, 2.45) is 5.73 Å². The highest BCUT2D eigenvalue weighted by Gasteiger charge is 2.16. The summed E-state index contributed by atoms with van der Waals surface area (Å²) >= 11 is 14.1. The number of thiocarbonyl (C=S) groups is 1. The van der Waals surface area contributed by atoms with Crippen LogP contribution in [0, 0.1) is 0 Å². The molecule has 0 fully saturated rings. The number of nitrogens with one attached hydrogen (secondary N) is 1. The summed E-state index contributed by atoms with van der Waals surface area (Å²) in [5, 5.41) is 0.194. The van der Waals surface area contributed by atoms with Crippen LogP contribution >= 0.6 is 39.7 Å². The van der Waals surface area contributed by atoms with Gasteiger partial charge >= 0.3 is 0 Å². The van der Waals surface area contributed by atoms with Crippen LogP contribution in [-0.4, -0.2) is 13.4 Å². The van der Waals surface area contributed by atoms with E-state index in [1.165, 1.54) is 18.2 Å². The van der Waals surface area contributed by atoms with Crippen LogP contribution in [0.5, 0.6) is 0 Å². The van der Waals surface area contributed by atoms with E-state index >= 15 is 0 Å². The fourth-order valence-corrected chi connectivity index (χ4v) is 3.68. The summed E-state index contributed by atoms with van der Waals surface area (Å²) < 4.78 is 27.8. The number of hydrogen-bond donors (Lipinski definition) is 2. The van der Waals surface area contributed by atoms with Gasteiger partial charge in [0.05, 0.1) is 9.92 Å². The van der Waals surface area contributed by atoms with Gasteiger partial charge in [0.15, 0.2) is 0 Å². The van der Waals surface area contributed by atoms with Crippen molar-refractivity contribution in [1.29, 1.82) is 0 Å². The van der Waals surface area contributed by atoms with Gasteiger partial charge in [0.2, 0.25) is 0 Å². The Labute approximate surface area is 141 Å². The van der Waals surface area contributed by atoms with Crippen molar-refractivity contribution in [2.75, 3.05) is 4.72 Å². The van der Waals surface area contributed by atoms with Gasteiger partial charge in [-0.3, -0.25) is 4.72 Å². The molecule has 110 valence electrons. The quantitative estimate of drug-likeness (QED) is 0.763. The zero-order valence-corrected chi connectivity index (χ0v) is 14.5. The monoisotopic (exact) mass is 404 g/mol. The van der Waals surface area contributed by atoms with Crippen LogP contribution in [0.25, 0.3) is 0 Å². The fourth-order valence-electron chi connectivity index (χ4n) is 1.63. The maximum atomic E-state index is 12.3. The number of rotatable bonds is 4. The zero-order chi connectivity index (χ0) is 15.6. The molecule has 0 bridgehead atoms. The molecule has 4 nitrogen and oxygen atoms in total. The number of sulfonamides is 1. The van der Waals surface area contributed by atoms with E-state index in [4.69, 9.17) is 29.6 Å². The Morgan fingerprint density at radius 1 is 1.24 bits per heavy atom. The van der Waals surface area contributed by atoms with Gasteiger partial charge in [-0.2, -0.15) is 0 Å². The molecule has 0 heterocycles. The average molecular weight is 406 g/mol. The Kier molecular flexibility index (Phi) is 4.88. The summed E-state index contributed by atoms with van der Waals surface area (Å²) in [6, 6.07) is 11.0. The van der Waals surface area contributed by atoms with Gasteiger partial charge in [-0.25, -0.2) is 8.42 Å². The van der Waals surface area contributed by atoms with Gasteiger partial charge in [0.1, 0.15) is 4.99 Å². The first-order valence-electron chi connectivity index (χ1n) is 5.67. The lowest BCUT2D eigenvalue weighted by Gasteiger charge is -2.10. The molecule has 0 aromatic heterocycles. The first-order valence-corrected chi connectivity index (χ1v) is 8.73. The highest BCUT2D eigenvalue weighted by molar-refractivity contribution is 9.10. The lowest BCUT2D eigenvalue weighted by molar-refractivity contribution is 0.601. The molecule has 0 unspecified atom stereocenters. The smallest absolute Gasteiger partial charge is 0.261 e. The minimum absolute atomic E-state index is 0.0347. The Morgan fingerprint density at radius 3 is 2.52 bits per heavy atom. The van der Waals surface area contributed by atoms with Crippen LogP contribution in [0.15, 0.2) is 51.8 Å². The van der Waals surface area contributed by atoms with Gasteiger partial charge in [-0.1, -0.05) is 45.8 Å². The average Bonchev–Trinajstić information content (AvgIpc) is 2.37. The molecule has 0 amide bonds. The third kappa shape index (κ3) is 3.94. The molecule has 0 aliphatic carbocycles. The Morgan fingerprint density at radius 2 is 1.95 bits per heavy atom. The molecule has 8 heteroatoms. The molecule has 2 aromatic carbocycles. The highest BCUT2D eigenvalue weighted by atomic mass is 79.9. The molecule has 0 saturated heterocycles. The van der Waals surface area contributed by atoms with E-state index in [2.05, 4.69) is 20.7 Å². The maximum Gasteiger partial charge on any atom is 0.261 e. The van der Waals surface area contributed by atoms with Crippen LogP contribution in [0.2, 0.25) is 5.02 Å². The van der Waals surface area contributed by atoms with Crippen LogP contribution in [0.3, 0.4) is 0 Å². The lowest BCUT2D eigenvalue weighted by atomic mass is 10.2. The number of halogens is 2. The van der Waals surface area contributed by atoms with E-state index in [1.54, 1.807) is 24.3 Å². The first kappa shape index (κ1) is 16.2. The predicted octanol–water partition coefficient (Wildman–Crippen LogP) is 3.54. The molecule has 0 atom stereocenters. The summed E-state index contributed by atoms with van der Waals surface area (Å²) in [5.41, 5.74) is 6.37. The number of anilines is 1. The molecule has 0 aliphatic heterocycles. The summed E-state index contributed by atoms with van der Waals surface area (Å²) in [6.07, 6.45) is 0. The summed E-state index contributed by atoms with van der Waals surface area (Å²) in [5.74, 6) is 0. The van der Waals surface area contributed by atoms with E-state index in [1.807, 2.05) is 0 Å². The number of benzene rings is 2. The SMILES string of the molecule is NC(=S)c1ccc(S(=O)(=O)Nc2cccc(Br)c2)cc1Cl. The van der Waals surface area contributed by atoms with Crippen LogP contribution < -0.4 is 10.5 Å². The molecule has 3 N–H and O–H groups in total. The molecule has 0 radical (unpaired) electrons. The van der Waals surface area contributed by atoms with E-state index in [-0.39, 0.29) is 14.9 Å². The van der Waals surface area contributed by atoms with Crippen molar-refractivity contribution in [3.8, 4) is 0 Å². The molecular formula is C13H10BrClN2O2S2. The van der Waals surface area contributed by atoms with Gasteiger partial charge in [0, 0.05) is 15.7 Å². The molecule has 2 rings (SSSR count). The van der Waals surface area contributed by atoms with Crippen molar-refractivity contribution in [3.05, 3.63) is 57.5 Å². The Bertz CT molecular complexity index is 810. The Hall–Kier alpha value is -1.15. The molecule has 0 saturated carbocycles. The van der Waals surface area contributed by atoms with Crippen molar-refractivity contribution < 1.29 is 8.42 Å². The zero-order valence-electron chi connectivity index (χ0n) is 10.5. The maximum absolute atomic E-state index is 12.3. The Balaban J connectivity index is 2.36. The van der Waals surface area contributed by atoms with E-state index in [9.17, 15) is 8.42 Å². The summed E-state index contributed by atoms with van der Waals surface area (Å²) in [4.78, 5) is 0.149. The summed E-state index contributed by atoms with van der Waals surface area (Å²) in [7, 11) is -3.73. The minimum Gasteiger partial charge on any atom is -0.389 e. The van der Waals surface area contributed by atoms with Gasteiger partial charge in [0.25, 0.3) is 10.0 Å². The third-order valence-electron chi connectivity index (χ3n) is 2.59. The van der Waals surface area contributed by atoms with Gasteiger partial charge in [-0.15, -0.1) is 0 Å². The van der Waals surface area contributed by atoms with Gasteiger partial charge in [-0.05, 0) is 36.4 Å². The minimum atomic E-state index is -3.73. The molecule has 21 heavy (non-hydrogen) atoms. The topological polar surface area (TPSA) is 72.2 Å². The fraction of sp³-hybridized carbons (Fsp3) is 0. The molecular weight excluding hydrogens is 396 g/mol. The third-order valence-corrected chi connectivity index (χ3v) is 5.00.